The minimum absolute atomic E-state index is 0.0472. The molecule has 1 saturated heterocycles. The van der Waals surface area contributed by atoms with Gasteiger partial charge in [0.1, 0.15) is 6.54 Å². The monoisotopic (exact) mass is 360 g/mol. The van der Waals surface area contributed by atoms with Crippen molar-refractivity contribution >= 4 is 31.5 Å². The third-order valence-corrected chi connectivity index (χ3v) is 6.56. The molecule has 1 aliphatic heterocycles. The number of amides is 1. The number of benzene rings is 1. The maximum atomic E-state index is 12.1. The van der Waals surface area contributed by atoms with Gasteiger partial charge in [-0.3, -0.25) is 9.10 Å². The van der Waals surface area contributed by atoms with Gasteiger partial charge >= 0.3 is 0 Å². The Morgan fingerprint density at radius 3 is 2.52 bits per heavy atom. The Morgan fingerprint density at radius 2 is 2.00 bits per heavy atom. The summed E-state index contributed by atoms with van der Waals surface area (Å²) in [7, 11) is -6.74. The third kappa shape index (κ3) is 4.68. The van der Waals surface area contributed by atoms with E-state index in [9.17, 15) is 21.6 Å². The number of nitrogens with zero attached hydrogens (tertiary/aromatic N) is 1. The van der Waals surface area contributed by atoms with Crippen molar-refractivity contribution in [2.24, 2.45) is 0 Å². The molecule has 0 spiro atoms. The highest BCUT2D eigenvalue weighted by Gasteiger charge is 2.30. The van der Waals surface area contributed by atoms with Gasteiger partial charge in [0.25, 0.3) is 0 Å². The lowest BCUT2D eigenvalue weighted by Crippen LogP contribution is -2.44. The second kappa shape index (κ2) is 6.48. The molecule has 1 amide bonds. The quantitative estimate of drug-likeness (QED) is 0.800. The van der Waals surface area contributed by atoms with Crippen molar-refractivity contribution in [2.75, 3.05) is 28.6 Å². The molecule has 128 valence electrons. The number of hydrogen-bond donors (Lipinski definition) is 1. The SMILES string of the molecule is Cc1ccccc1N(CC(=O)NC1CCS(=O)(=O)C1)S(C)(=O)=O. The molecule has 0 saturated carbocycles. The Morgan fingerprint density at radius 1 is 1.35 bits per heavy atom. The number of sulfone groups is 1. The van der Waals surface area contributed by atoms with Crippen molar-refractivity contribution in [1.29, 1.82) is 0 Å². The smallest absolute Gasteiger partial charge is 0.241 e. The van der Waals surface area contributed by atoms with Crippen molar-refractivity contribution < 1.29 is 21.6 Å². The number of aryl methyl sites for hydroxylation is 1. The van der Waals surface area contributed by atoms with Crippen LogP contribution in [0.5, 0.6) is 0 Å². The summed E-state index contributed by atoms with van der Waals surface area (Å²) in [6.45, 7) is 1.38. The molecule has 7 nitrogen and oxygen atoms in total. The zero-order valence-electron chi connectivity index (χ0n) is 13.0. The highest BCUT2D eigenvalue weighted by Crippen LogP contribution is 2.21. The van der Waals surface area contributed by atoms with Crippen molar-refractivity contribution in [2.45, 2.75) is 19.4 Å². The molecule has 0 aromatic heterocycles. The topological polar surface area (TPSA) is 101 Å². The normalized spacial score (nSPS) is 20.2. The van der Waals surface area contributed by atoms with Crippen molar-refractivity contribution in [3.63, 3.8) is 0 Å². The first kappa shape index (κ1) is 17.7. The van der Waals surface area contributed by atoms with E-state index in [0.717, 1.165) is 16.1 Å². The van der Waals surface area contributed by atoms with Crippen molar-refractivity contribution in [1.82, 2.24) is 5.32 Å². The summed E-state index contributed by atoms with van der Waals surface area (Å²) >= 11 is 0. The molecule has 23 heavy (non-hydrogen) atoms. The van der Waals surface area contributed by atoms with Crippen LogP contribution < -0.4 is 9.62 Å². The first-order chi connectivity index (χ1) is 10.6. The number of hydrogen-bond acceptors (Lipinski definition) is 5. The van der Waals surface area contributed by atoms with Crippen molar-refractivity contribution in [3.05, 3.63) is 29.8 Å². The number of para-hydroxylation sites is 1. The van der Waals surface area contributed by atoms with E-state index in [1.807, 2.05) is 0 Å². The standard InChI is InChI=1S/C14H20N2O5S2/c1-11-5-3-4-6-13(11)16(22(2,18)19)9-14(17)15-12-7-8-23(20,21)10-12/h3-6,12H,7-10H2,1-2H3,(H,15,17). The highest BCUT2D eigenvalue weighted by molar-refractivity contribution is 7.92. The first-order valence-corrected chi connectivity index (χ1v) is 10.8. The van der Waals surface area contributed by atoms with Gasteiger partial charge in [0, 0.05) is 6.04 Å². The molecule has 2 rings (SSSR count). The minimum atomic E-state index is -3.64. The van der Waals surface area contributed by atoms with E-state index >= 15 is 0 Å². The average Bonchev–Trinajstić information content (AvgIpc) is 2.75. The zero-order valence-corrected chi connectivity index (χ0v) is 14.7. The number of sulfonamides is 1. The summed E-state index contributed by atoms with van der Waals surface area (Å²) in [5.74, 6) is -0.561. The molecule has 1 fully saturated rings. The predicted octanol–water partition coefficient (Wildman–Crippen LogP) is 0.0643. The molecule has 0 bridgehead atoms. The van der Waals surface area contributed by atoms with E-state index < -0.39 is 31.8 Å². The number of rotatable bonds is 5. The van der Waals surface area contributed by atoms with Gasteiger partial charge in [0.2, 0.25) is 15.9 Å². The predicted molar refractivity (Wildman–Crippen MR) is 88.6 cm³/mol. The zero-order chi connectivity index (χ0) is 17.3. The molecule has 1 aromatic carbocycles. The van der Waals surface area contributed by atoms with Gasteiger partial charge in [-0.05, 0) is 25.0 Å². The van der Waals surface area contributed by atoms with E-state index in [1.54, 1.807) is 31.2 Å². The molecule has 1 unspecified atom stereocenters. The summed E-state index contributed by atoms with van der Waals surface area (Å²) in [5, 5.41) is 2.60. The van der Waals surface area contributed by atoms with Crippen LogP contribution in [-0.4, -0.2) is 53.1 Å². The Bertz CT molecular complexity index is 802. The van der Waals surface area contributed by atoms with Crippen LogP contribution in [0.15, 0.2) is 24.3 Å². The van der Waals surface area contributed by atoms with Gasteiger partial charge in [-0.15, -0.1) is 0 Å². The summed E-state index contributed by atoms with van der Waals surface area (Å²) in [6, 6.07) is 6.41. The Balaban J connectivity index is 2.13. The maximum absolute atomic E-state index is 12.1. The third-order valence-electron chi connectivity index (χ3n) is 3.67. The lowest BCUT2D eigenvalue weighted by Gasteiger charge is -2.24. The van der Waals surface area contributed by atoms with Crippen LogP contribution in [-0.2, 0) is 24.7 Å². The van der Waals surface area contributed by atoms with Crippen molar-refractivity contribution in [3.8, 4) is 0 Å². The summed E-state index contributed by atoms with van der Waals surface area (Å²) in [6.07, 6.45) is 1.39. The maximum Gasteiger partial charge on any atom is 0.241 e. The van der Waals surface area contributed by atoms with Gasteiger partial charge in [-0.1, -0.05) is 18.2 Å². The van der Waals surface area contributed by atoms with Crippen LogP contribution in [0.25, 0.3) is 0 Å². The van der Waals surface area contributed by atoms with E-state index in [1.165, 1.54) is 0 Å². The van der Waals surface area contributed by atoms with Gasteiger partial charge in [0.05, 0.1) is 23.4 Å². The van der Waals surface area contributed by atoms with Gasteiger partial charge in [-0.2, -0.15) is 0 Å². The Kier molecular flexibility index (Phi) is 5.00. The summed E-state index contributed by atoms with van der Waals surface area (Å²) in [4.78, 5) is 12.1. The Hall–Kier alpha value is -1.61. The molecule has 9 heteroatoms. The molecule has 1 heterocycles. The lowest BCUT2D eigenvalue weighted by atomic mass is 10.2. The van der Waals surface area contributed by atoms with Gasteiger partial charge in [-0.25, -0.2) is 16.8 Å². The molecule has 1 aliphatic rings. The molecule has 1 aromatic rings. The van der Waals surface area contributed by atoms with Crippen LogP contribution in [0.1, 0.15) is 12.0 Å². The molecule has 1 N–H and O–H groups in total. The lowest BCUT2D eigenvalue weighted by molar-refractivity contribution is -0.120. The number of anilines is 1. The summed E-state index contributed by atoms with van der Waals surface area (Å²) in [5.41, 5.74) is 1.17. The molecule has 1 atom stereocenters. The van der Waals surface area contributed by atoms with E-state index in [4.69, 9.17) is 0 Å². The fourth-order valence-corrected chi connectivity index (χ4v) is 5.12. The molecular weight excluding hydrogens is 340 g/mol. The second-order valence-electron chi connectivity index (χ2n) is 5.72. The molecule has 0 aliphatic carbocycles. The largest absolute Gasteiger partial charge is 0.351 e. The number of carbonyl (C=O) groups is 1. The van der Waals surface area contributed by atoms with Crippen LogP contribution in [0.3, 0.4) is 0 Å². The van der Waals surface area contributed by atoms with Crippen LogP contribution in [0.2, 0.25) is 0 Å². The van der Waals surface area contributed by atoms with Crippen LogP contribution >= 0.6 is 0 Å². The van der Waals surface area contributed by atoms with Gasteiger partial charge in [0.15, 0.2) is 9.84 Å². The Labute approximate surface area is 136 Å². The average molecular weight is 360 g/mol. The highest BCUT2D eigenvalue weighted by atomic mass is 32.2. The second-order valence-corrected chi connectivity index (χ2v) is 9.86. The minimum Gasteiger partial charge on any atom is -0.351 e. The molecule has 0 radical (unpaired) electrons. The van der Waals surface area contributed by atoms with E-state index in [0.29, 0.717) is 12.1 Å². The fourth-order valence-electron chi connectivity index (χ4n) is 2.54. The van der Waals surface area contributed by atoms with Crippen LogP contribution in [0, 0.1) is 6.92 Å². The van der Waals surface area contributed by atoms with Crippen LogP contribution in [0.4, 0.5) is 5.69 Å². The van der Waals surface area contributed by atoms with Gasteiger partial charge < -0.3 is 5.32 Å². The van der Waals surface area contributed by atoms with E-state index in [2.05, 4.69) is 5.32 Å². The first-order valence-electron chi connectivity index (χ1n) is 7.11. The summed E-state index contributed by atoms with van der Waals surface area (Å²) < 4.78 is 47.9. The fraction of sp³-hybridized carbons (Fsp3) is 0.500. The van der Waals surface area contributed by atoms with E-state index in [-0.39, 0.29) is 18.1 Å². The molecular formula is C14H20N2O5S2. The number of carbonyl (C=O) groups excluding carboxylic acids is 1. The number of nitrogens with one attached hydrogen (secondary N) is 1.